The van der Waals surface area contributed by atoms with E-state index in [-0.39, 0.29) is 12.2 Å². The molecule has 0 aliphatic heterocycles. The van der Waals surface area contributed by atoms with Crippen LogP contribution in [0.25, 0.3) is 0 Å². The number of carbonyl (C=O) groups excluding carboxylic acids is 1. The van der Waals surface area contributed by atoms with Crippen molar-refractivity contribution in [3.8, 4) is 6.07 Å². The molecule has 0 heterocycles. The number of hydrogen-bond acceptors (Lipinski definition) is 4. The number of halogens is 1. The highest BCUT2D eigenvalue weighted by Gasteiger charge is 2.11. The molecule has 0 saturated carbocycles. The fourth-order valence-electron chi connectivity index (χ4n) is 1.82. The van der Waals surface area contributed by atoms with E-state index in [4.69, 9.17) is 15.7 Å². The molecule has 21 heavy (non-hydrogen) atoms. The zero-order valence-electron chi connectivity index (χ0n) is 11.4. The molecular weight excluding hydrogens is 271 g/mol. The van der Waals surface area contributed by atoms with Gasteiger partial charge in [-0.25, -0.2) is 9.18 Å². The zero-order chi connectivity index (χ0) is 15.4. The van der Waals surface area contributed by atoms with Crippen LogP contribution in [0.15, 0.2) is 36.4 Å². The minimum atomic E-state index is -0.550. The van der Waals surface area contributed by atoms with Crippen molar-refractivity contribution in [3.05, 3.63) is 64.5 Å². The first-order valence-corrected chi connectivity index (χ1v) is 6.23. The van der Waals surface area contributed by atoms with Crippen LogP contribution in [0.1, 0.15) is 27.0 Å². The summed E-state index contributed by atoms with van der Waals surface area (Å²) in [4.78, 5) is 11.9. The second-order valence-electron chi connectivity index (χ2n) is 4.56. The van der Waals surface area contributed by atoms with E-state index in [1.54, 1.807) is 25.1 Å². The highest BCUT2D eigenvalue weighted by atomic mass is 19.1. The number of ether oxygens (including phenoxy) is 1. The van der Waals surface area contributed by atoms with E-state index in [1.165, 1.54) is 18.2 Å². The van der Waals surface area contributed by atoms with Crippen LogP contribution in [0.5, 0.6) is 0 Å². The summed E-state index contributed by atoms with van der Waals surface area (Å²) < 4.78 is 18.3. The molecule has 0 unspecified atom stereocenters. The van der Waals surface area contributed by atoms with Crippen molar-refractivity contribution >= 4 is 11.7 Å². The number of esters is 1. The van der Waals surface area contributed by atoms with Gasteiger partial charge < -0.3 is 10.5 Å². The summed E-state index contributed by atoms with van der Waals surface area (Å²) in [5, 5.41) is 8.93. The van der Waals surface area contributed by atoms with E-state index in [0.29, 0.717) is 16.8 Å². The lowest BCUT2D eigenvalue weighted by atomic mass is 10.1. The Morgan fingerprint density at radius 2 is 2.10 bits per heavy atom. The molecule has 2 N–H and O–H groups in total. The maximum absolute atomic E-state index is 13.2. The SMILES string of the molecule is Cc1cc(C(=O)OCc2cc(F)ccc2C#N)ccc1N. The number of benzene rings is 2. The van der Waals surface area contributed by atoms with Gasteiger partial charge in [0.25, 0.3) is 0 Å². The van der Waals surface area contributed by atoms with Gasteiger partial charge in [-0.3, -0.25) is 0 Å². The molecule has 2 rings (SSSR count). The smallest absolute Gasteiger partial charge is 0.338 e. The van der Waals surface area contributed by atoms with E-state index in [9.17, 15) is 9.18 Å². The van der Waals surface area contributed by atoms with Gasteiger partial charge in [0.2, 0.25) is 0 Å². The molecular formula is C16H13FN2O2. The molecule has 0 aliphatic rings. The first kappa shape index (κ1) is 14.5. The van der Waals surface area contributed by atoms with E-state index in [1.807, 2.05) is 6.07 Å². The lowest BCUT2D eigenvalue weighted by Crippen LogP contribution is -2.07. The van der Waals surface area contributed by atoms with Gasteiger partial charge in [0.05, 0.1) is 17.2 Å². The Morgan fingerprint density at radius 1 is 1.33 bits per heavy atom. The second kappa shape index (κ2) is 6.06. The van der Waals surface area contributed by atoms with Crippen molar-refractivity contribution in [2.45, 2.75) is 13.5 Å². The number of nitrogens with two attached hydrogens (primary N) is 1. The predicted octanol–water partition coefficient (Wildman–Crippen LogP) is 2.95. The lowest BCUT2D eigenvalue weighted by Gasteiger charge is -2.08. The molecule has 0 spiro atoms. The highest BCUT2D eigenvalue weighted by Crippen LogP contribution is 2.16. The number of nitriles is 1. The predicted molar refractivity (Wildman–Crippen MR) is 75.8 cm³/mol. The second-order valence-corrected chi connectivity index (χ2v) is 4.56. The van der Waals surface area contributed by atoms with Crippen LogP contribution >= 0.6 is 0 Å². The van der Waals surface area contributed by atoms with E-state index >= 15 is 0 Å². The van der Waals surface area contributed by atoms with Crippen molar-refractivity contribution in [1.82, 2.24) is 0 Å². The van der Waals surface area contributed by atoms with Crippen LogP contribution in [0.3, 0.4) is 0 Å². The van der Waals surface area contributed by atoms with Gasteiger partial charge in [0, 0.05) is 11.3 Å². The number of hydrogen-bond donors (Lipinski definition) is 1. The zero-order valence-corrected chi connectivity index (χ0v) is 11.4. The minimum Gasteiger partial charge on any atom is -0.457 e. The Bertz CT molecular complexity index is 736. The van der Waals surface area contributed by atoms with Gasteiger partial charge in [-0.1, -0.05) is 0 Å². The molecule has 0 fully saturated rings. The highest BCUT2D eigenvalue weighted by molar-refractivity contribution is 5.90. The average Bonchev–Trinajstić information content (AvgIpc) is 2.47. The van der Waals surface area contributed by atoms with E-state index in [0.717, 1.165) is 5.56 Å². The van der Waals surface area contributed by atoms with Crippen LogP contribution in [0.4, 0.5) is 10.1 Å². The van der Waals surface area contributed by atoms with Gasteiger partial charge in [0.15, 0.2) is 0 Å². The molecule has 0 aliphatic carbocycles. The number of anilines is 1. The molecule has 2 aromatic carbocycles. The third-order valence-corrected chi connectivity index (χ3v) is 3.05. The average molecular weight is 284 g/mol. The summed E-state index contributed by atoms with van der Waals surface area (Å²) in [6.07, 6.45) is 0. The van der Waals surface area contributed by atoms with Crippen LogP contribution in [0, 0.1) is 24.1 Å². The molecule has 4 nitrogen and oxygen atoms in total. The number of nitrogen functional groups attached to an aromatic ring is 1. The fraction of sp³-hybridized carbons (Fsp3) is 0.125. The quantitative estimate of drug-likeness (QED) is 0.694. The van der Waals surface area contributed by atoms with Gasteiger partial charge >= 0.3 is 5.97 Å². The van der Waals surface area contributed by atoms with E-state index < -0.39 is 11.8 Å². The Kier molecular flexibility index (Phi) is 4.19. The summed E-state index contributed by atoms with van der Waals surface area (Å²) >= 11 is 0. The number of aryl methyl sites for hydroxylation is 1. The maximum Gasteiger partial charge on any atom is 0.338 e. The molecule has 0 atom stereocenters. The molecule has 0 amide bonds. The molecule has 5 heteroatoms. The van der Waals surface area contributed by atoms with Gasteiger partial charge in [-0.15, -0.1) is 0 Å². The van der Waals surface area contributed by atoms with Crippen LogP contribution in [0.2, 0.25) is 0 Å². The molecule has 0 aromatic heterocycles. The van der Waals surface area contributed by atoms with Gasteiger partial charge in [-0.05, 0) is 48.9 Å². The molecule has 106 valence electrons. The summed E-state index contributed by atoms with van der Waals surface area (Å²) in [6, 6.07) is 10.4. The van der Waals surface area contributed by atoms with Crippen molar-refractivity contribution in [2.75, 3.05) is 5.73 Å². The third-order valence-electron chi connectivity index (χ3n) is 3.05. The standard InChI is InChI=1S/C16H13FN2O2/c1-10-6-11(3-5-15(10)19)16(20)21-9-13-7-14(17)4-2-12(13)8-18/h2-7H,9,19H2,1H3. The third kappa shape index (κ3) is 3.37. The molecule has 0 bridgehead atoms. The van der Waals surface area contributed by atoms with Crippen molar-refractivity contribution in [3.63, 3.8) is 0 Å². The van der Waals surface area contributed by atoms with Gasteiger partial charge in [0.1, 0.15) is 12.4 Å². The van der Waals surface area contributed by atoms with Gasteiger partial charge in [-0.2, -0.15) is 5.26 Å². The number of nitrogens with zero attached hydrogens (tertiary/aromatic N) is 1. The summed E-state index contributed by atoms with van der Waals surface area (Å²) in [7, 11) is 0. The monoisotopic (exact) mass is 284 g/mol. The maximum atomic E-state index is 13.2. The minimum absolute atomic E-state index is 0.164. The Morgan fingerprint density at radius 3 is 2.76 bits per heavy atom. The number of rotatable bonds is 3. The van der Waals surface area contributed by atoms with Crippen LogP contribution < -0.4 is 5.73 Å². The molecule has 0 saturated heterocycles. The Labute approximate surface area is 121 Å². The van der Waals surface area contributed by atoms with Crippen molar-refractivity contribution in [2.24, 2.45) is 0 Å². The van der Waals surface area contributed by atoms with Crippen molar-refractivity contribution in [1.29, 1.82) is 5.26 Å². The van der Waals surface area contributed by atoms with Crippen LogP contribution in [-0.2, 0) is 11.3 Å². The first-order valence-electron chi connectivity index (χ1n) is 6.23. The lowest BCUT2D eigenvalue weighted by molar-refractivity contribution is 0.0472. The van der Waals surface area contributed by atoms with Crippen LogP contribution in [-0.4, -0.2) is 5.97 Å². The molecule has 0 radical (unpaired) electrons. The van der Waals surface area contributed by atoms with Crippen molar-refractivity contribution < 1.29 is 13.9 Å². The summed E-state index contributed by atoms with van der Waals surface area (Å²) in [5.41, 5.74) is 8.00. The molecule has 2 aromatic rings. The summed E-state index contributed by atoms with van der Waals surface area (Å²) in [5.74, 6) is -1.03. The Hall–Kier alpha value is -2.87. The van der Waals surface area contributed by atoms with E-state index in [2.05, 4.69) is 0 Å². The fourth-order valence-corrected chi connectivity index (χ4v) is 1.82. The topological polar surface area (TPSA) is 76.1 Å². The first-order chi connectivity index (χ1) is 10.0. The largest absolute Gasteiger partial charge is 0.457 e. The summed E-state index contributed by atoms with van der Waals surface area (Å²) in [6.45, 7) is 1.62. The number of carbonyl (C=O) groups is 1. The normalized spacial score (nSPS) is 9.95. The Balaban J connectivity index is 2.13.